The molecule has 5 nitrogen and oxygen atoms in total. The average Bonchev–Trinajstić information content (AvgIpc) is 2.53. The Hall–Kier alpha value is -3.13. The minimum Gasteiger partial charge on any atom is -0.399 e. The van der Waals surface area contributed by atoms with E-state index in [0.717, 1.165) is 22.3 Å². The molecule has 102 valence electrons. The smallest absolute Gasteiger partial charge is 0.162 e. The number of nitriles is 1. The van der Waals surface area contributed by atoms with Gasteiger partial charge in [-0.25, -0.2) is 9.97 Å². The van der Waals surface area contributed by atoms with Crippen LogP contribution in [-0.4, -0.2) is 17.0 Å². The molecule has 0 radical (unpaired) electrons. The van der Waals surface area contributed by atoms with Crippen molar-refractivity contribution < 1.29 is 0 Å². The minimum atomic E-state index is 0.599. The lowest BCUT2D eigenvalue weighted by atomic mass is 10.1. The fraction of sp³-hybridized carbons (Fsp3) is 0.0625. The van der Waals surface area contributed by atoms with Crippen molar-refractivity contribution in [1.29, 1.82) is 5.26 Å². The maximum absolute atomic E-state index is 8.85. The Labute approximate surface area is 122 Å². The van der Waals surface area contributed by atoms with Crippen LogP contribution in [-0.2, 0) is 0 Å². The molecule has 3 aromatic rings. The fourth-order valence-electron chi connectivity index (χ4n) is 2.16. The molecule has 0 aliphatic heterocycles. The molecular formula is C16H13N5. The van der Waals surface area contributed by atoms with Gasteiger partial charge in [-0.2, -0.15) is 5.26 Å². The third kappa shape index (κ3) is 2.35. The lowest BCUT2D eigenvalue weighted by molar-refractivity contribution is 1.21. The Morgan fingerprint density at radius 3 is 2.52 bits per heavy atom. The minimum absolute atomic E-state index is 0.599. The number of fused-ring (bicyclic) bond motifs is 1. The molecule has 5 heteroatoms. The first-order valence-electron chi connectivity index (χ1n) is 6.47. The van der Waals surface area contributed by atoms with Crippen molar-refractivity contribution in [3.63, 3.8) is 0 Å². The standard InChI is InChI=1S/C16H13N5/c1-19-16-13-7-6-12(18)8-14(13)20-15(21-16)11-4-2-10(9-17)3-5-11/h2-8H,18H2,1H3,(H,19,20,21). The zero-order valence-electron chi connectivity index (χ0n) is 11.5. The zero-order chi connectivity index (χ0) is 14.8. The van der Waals surface area contributed by atoms with Crippen molar-refractivity contribution >= 4 is 22.4 Å². The van der Waals surface area contributed by atoms with Gasteiger partial charge < -0.3 is 11.1 Å². The monoisotopic (exact) mass is 275 g/mol. The normalized spacial score (nSPS) is 10.3. The summed E-state index contributed by atoms with van der Waals surface area (Å²) in [6.07, 6.45) is 0. The first-order valence-corrected chi connectivity index (χ1v) is 6.47. The predicted molar refractivity (Wildman–Crippen MR) is 83.6 cm³/mol. The van der Waals surface area contributed by atoms with Gasteiger partial charge in [-0.1, -0.05) is 0 Å². The van der Waals surface area contributed by atoms with Crippen LogP contribution in [0.1, 0.15) is 5.56 Å². The van der Waals surface area contributed by atoms with Crippen LogP contribution in [0, 0.1) is 11.3 Å². The summed E-state index contributed by atoms with van der Waals surface area (Å²) in [5.41, 5.74) is 8.74. The maximum atomic E-state index is 8.85. The molecule has 21 heavy (non-hydrogen) atoms. The average molecular weight is 275 g/mol. The van der Waals surface area contributed by atoms with Gasteiger partial charge in [0.05, 0.1) is 17.1 Å². The van der Waals surface area contributed by atoms with Crippen LogP contribution in [0.25, 0.3) is 22.3 Å². The highest BCUT2D eigenvalue weighted by Crippen LogP contribution is 2.26. The van der Waals surface area contributed by atoms with Crippen molar-refractivity contribution in [2.24, 2.45) is 0 Å². The van der Waals surface area contributed by atoms with Crippen LogP contribution in [0.5, 0.6) is 0 Å². The van der Waals surface area contributed by atoms with Crippen molar-refractivity contribution in [2.45, 2.75) is 0 Å². The second-order valence-electron chi connectivity index (χ2n) is 4.61. The van der Waals surface area contributed by atoms with Crippen LogP contribution in [0.3, 0.4) is 0 Å². The number of rotatable bonds is 2. The van der Waals surface area contributed by atoms with Crippen molar-refractivity contribution in [2.75, 3.05) is 18.1 Å². The lowest BCUT2D eigenvalue weighted by Gasteiger charge is -2.09. The Morgan fingerprint density at radius 1 is 1.10 bits per heavy atom. The summed E-state index contributed by atoms with van der Waals surface area (Å²) < 4.78 is 0. The third-order valence-corrected chi connectivity index (χ3v) is 3.23. The number of nitrogens with two attached hydrogens (primary N) is 1. The molecule has 1 aromatic heterocycles. The van der Waals surface area contributed by atoms with E-state index in [-0.39, 0.29) is 0 Å². The predicted octanol–water partition coefficient (Wildman–Crippen LogP) is 2.79. The van der Waals surface area contributed by atoms with Gasteiger partial charge in [0.15, 0.2) is 5.82 Å². The molecule has 0 atom stereocenters. The van der Waals surface area contributed by atoms with E-state index in [2.05, 4.69) is 21.4 Å². The lowest BCUT2D eigenvalue weighted by Crippen LogP contribution is -1.99. The molecule has 0 aliphatic carbocycles. The van der Waals surface area contributed by atoms with Gasteiger partial charge in [-0.05, 0) is 42.5 Å². The van der Waals surface area contributed by atoms with E-state index in [1.807, 2.05) is 37.4 Å². The SMILES string of the molecule is CNc1nc(-c2ccc(C#N)cc2)nc2cc(N)ccc12. The van der Waals surface area contributed by atoms with Crippen molar-refractivity contribution in [1.82, 2.24) is 9.97 Å². The van der Waals surface area contributed by atoms with Gasteiger partial charge in [0.25, 0.3) is 0 Å². The van der Waals surface area contributed by atoms with Crippen molar-refractivity contribution in [3.05, 3.63) is 48.0 Å². The number of nitrogens with zero attached hydrogens (tertiary/aromatic N) is 3. The number of nitrogen functional groups attached to an aromatic ring is 1. The second kappa shape index (κ2) is 5.10. The van der Waals surface area contributed by atoms with E-state index < -0.39 is 0 Å². The molecule has 0 unspecified atom stereocenters. The van der Waals surface area contributed by atoms with Crippen LogP contribution >= 0.6 is 0 Å². The Morgan fingerprint density at radius 2 is 1.86 bits per heavy atom. The molecule has 0 saturated carbocycles. The molecule has 0 amide bonds. The number of hydrogen-bond acceptors (Lipinski definition) is 5. The van der Waals surface area contributed by atoms with E-state index in [1.54, 1.807) is 12.1 Å². The van der Waals surface area contributed by atoms with E-state index in [4.69, 9.17) is 11.0 Å². The summed E-state index contributed by atoms with van der Waals surface area (Å²) in [5, 5.41) is 12.8. The molecule has 0 fully saturated rings. The molecular weight excluding hydrogens is 262 g/mol. The van der Waals surface area contributed by atoms with Gasteiger partial charge in [-0.15, -0.1) is 0 Å². The fourth-order valence-corrected chi connectivity index (χ4v) is 2.16. The van der Waals surface area contributed by atoms with Crippen LogP contribution in [0.15, 0.2) is 42.5 Å². The molecule has 0 aliphatic rings. The summed E-state index contributed by atoms with van der Waals surface area (Å²) in [4.78, 5) is 9.09. The van der Waals surface area contributed by atoms with Crippen LogP contribution in [0.4, 0.5) is 11.5 Å². The number of hydrogen-bond donors (Lipinski definition) is 2. The highest BCUT2D eigenvalue weighted by Gasteiger charge is 2.09. The van der Waals surface area contributed by atoms with Gasteiger partial charge in [-0.3, -0.25) is 0 Å². The van der Waals surface area contributed by atoms with Crippen LogP contribution in [0.2, 0.25) is 0 Å². The Balaban J connectivity index is 2.20. The van der Waals surface area contributed by atoms with Gasteiger partial charge >= 0.3 is 0 Å². The van der Waals surface area contributed by atoms with Gasteiger partial charge in [0.2, 0.25) is 0 Å². The zero-order valence-corrected chi connectivity index (χ0v) is 11.5. The van der Waals surface area contributed by atoms with Crippen molar-refractivity contribution in [3.8, 4) is 17.5 Å². The Bertz CT molecular complexity index is 847. The molecule has 0 saturated heterocycles. The van der Waals surface area contributed by atoms with Gasteiger partial charge in [0, 0.05) is 23.7 Å². The number of nitrogens with one attached hydrogen (secondary N) is 1. The summed E-state index contributed by atoms with van der Waals surface area (Å²) in [6, 6.07) is 14.8. The summed E-state index contributed by atoms with van der Waals surface area (Å²) in [6.45, 7) is 0. The summed E-state index contributed by atoms with van der Waals surface area (Å²) >= 11 is 0. The molecule has 3 rings (SSSR count). The molecule has 0 bridgehead atoms. The molecule has 1 heterocycles. The third-order valence-electron chi connectivity index (χ3n) is 3.23. The summed E-state index contributed by atoms with van der Waals surface area (Å²) in [5.74, 6) is 1.35. The quantitative estimate of drug-likeness (QED) is 0.702. The molecule has 2 aromatic carbocycles. The highest BCUT2D eigenvalue weighted by atomic mass is 15.0. The first-order chi connectivity index (χ1) is 10.2. The van der Waals surface area contributed by atoms with Crippen LogP contribution < -0.4 is 11.1 Å². The Kier molecular flexibility index (Phi) is 3.13. The van der Waals surface area contributed by atoms with E-state index >= 15 is 0 Å². The topological polar surface area (TPSA) is 87.6 Å². The highest BCUT2D eigenvalue weighted by molar-refractivity contribution is 5.92. The largest absolute Gasteiger partial charge is 0.399 e. The summed E-state index contributed by atoms with van der Waals surface area (Å²) in [7, 11) is 1.82. The van der Waals surface area contributed by atoms with E-state index in [1.165, 1.54) is 0 Å². The number of aromatic nitrogens is 2. The van der Waals surface area contributed by atoms with E-state index in [9.17, 15) is 0 Å². The molecule has 3 N–H and O–H groups in total. The van der Waals surface area contributed by atoms with E-state index in [0.29, 0.717) is 17.1 Å². The molecule has 0 spiro atoms. The van der Waals surface area contributed by atoms with Gasteiger partial charge in [0.1, 0.15) is 5.82 Å². The first kappa shape index (κ1) is 12.9. The second-order valence-corrected chi connectivity index (χ2v) is 4.61. The maximum Gasteiger partial charge on any atom is 0.162 e. The number of benzene rings is 2. The number of anilines is 2.